The summed E-state index contributed by atoms with van der Waals surface area (Å²) in [6, 6.07) is 20.5. The third-order valence-electron chi connectivity index (χ3n) is 10.9. The summed E-state index contributed by atoms with van der Waals surface area (Å²) in [5, 5.41) is 4.16. The number of nitrogens with zero attached hydrogens (tertiary/aromatic N) is 5. The van der Waals surface area contributed by atoms with Crippen molar-refractivity contribution in [3.8, 4) is 17.2 Å². The molecular weight excluding hydrogens is 625 g/mol. The van der Waals surface area contributed by atoms with Crippen molar-refractivity contribution >= 4 is 36.4 Å². The van der Waals surface area contributed by atoms with Crippen molar-refractivity contribution < 1.29 is 4.74 Å². The molecule has 2 fully saturated rings. The zero-order valence-electron chi connectivity index (χ0n) is 30.2. The van der Waals surface area contributed by atoms with E-state index in [4.69, 9.17) is 14.7 Å². The van der Waals surface area contributed by atoms with Gasteiger partial charge in [0.05, 0.1) is 17.7 Å². The van der Waals surface area contributed by atoms with Gasteiger partial charge in [-0.25, -0.2) is 4.98 Å². The molecule has 0 aliphatic carbocycles. The topological polar surface area (TPSA) is 75.5 Å². The van der Waals surface area contributed by atoms with Crippen LogP contribution in [0.25, 0.3) is 16.7 Å². The zero-order valence-corrected chi connectivity index (χ0v) is 31.2. The van der Waals surface area contributed by atoms with Gasteiger partial charge in [0.2, 0.25) is 5.95 Å². The van der Waals surface area contributed by atoms with E-state index in [1.165, 1.54) is 31.6 Å². The number of piperidine rings is 1. The first-order valence-corrected chi connectivity index (χ1v) is 20.2. The Morgan fingerprint density at radius 1 is 0.918 bits per heavy atom. The fraction of sp³-hybridized carbons (Fsp3) is 0.475. The highest BCUT2D eigenvalue weighted by Crippen LogP contribution is 2.41. The molecule has 2 saturated heterocycles. The number of anilines is 3. The summed E-state index contributed by atoms with van der Waals surface area (Å²) in [6.07, 6.45) is 4.19. The van der Waals surface area contributed by atoms with E-state index in [1.807, 2.05) is 36.5 Å². The van der Waals surface area contributed by atoms with Crippen LogP contribution in [0.2, 0.25) is 16.6 Å². The maximum absolute atomic E-state index is 13.8. The molecule has 8 nitrogen and oxygen atoms in total. The zero-order chi connectivity index (χ0) is 34.7. The van der Waals surface area contributed by atoms with E-state index in [9.17, 15) is 4.79 Å². The molecule has 4 heterocycles. The lowest BCUT2D eigenvalue weighted by atomic mass is 9.93. The van der Waals surface area contributed by atoms with Crippen molar-refractivity contribution in [1.82, 2.24) is 19.4 Å². The van der Waals surface area contributed by atoms with Gasteiger partial charge in [0.1, 0.15) is 8.07 Å². The van der Waals surface area contributed by atoms with E-state index in [-0.39, 0.29) is 5.56 Å². The smallest absolute Gasteiger partial charge is 0.258 e. The SMILES string of the molecule is COCC1CN(C2CCN(c3ccc(Nc4ncc5c(C#C[Si](C(C)C)(C(C)C)C(C)C)cc(=O)n(-c6ccccc6)c5n4)cc3)CC2)C1. The van der Waals surface area contributed by atoms with Crippen molar-refractivity contribution in [2.45, 2.75) is 77.0 Å². The Morgan fingerprint density at radius 2 is 1.57 bits per heavy atom. The molecule has 2 aliphatic heterocycles. The third-order valence-corrected chi connectivity index (χ3v) is 17.2. The number of rotatable bonds is 10. The molecule has 0 unspecified atom stereocenters. The average Bonchev–Trinajstić information content (AvgIpc) is 3.07. The number of hydrogen-bond donors (Lipinski definition) is 1. The summed E-state index contributed by atoms with van der Waals surface area (Å²) < 4.78 is 6.99. The quantitative estimate of drug-likeness (QED) is 0.137. The lowest BCUT2D eigenvalue weighted by Crippen LogP contribution is -2.56. The van der Waals surface area contributed by atoms with Crippen LogP contribution >= 0.6 is 0 Å². The van der Waals surface area contributed by atoms with E-state index in [0.29, 0.717) is 45.7 Å². The summed E-state index contributed by atoms with van der Waals surface area (Å²) in [4.78, 5) is 28.6. The highest BCUT2D eigenvalue weighted by atomic mass is 28.3. The van der Waals surface area contributed by atoms with Crippen molar-refractivity contribution in [3.05, 3.63) is 82.8 Å². The van der Waals surface area contributed by atoms with Crippen LogP contribution in [0.15, 0.2) is 71.7 Å². The van der Waals surface area contributed by atoms with E-state index < -0.39 is 8.07 Å². The summed E-state index contributed by atoms with van der Waals surface area (Å²) in [5.41, 5.74) is 9.21. The van der Waals surface area contributed by atoms with Crippen LogP contribution in [-0.4, -0.2) is 73.4 Å². The standard InChI is InChI=1S/C40H52N6O2Si/c1-28(2)49(29(3)4,30(5)6)22-19-32-23-38(47)46(36-11-9-8-10-12-36)39-37(32)24-41-40(43-39)42-33-13-15-34(16-14-33)44-20-17-35(18-21-44)45-25-31(26-45)27-48-7/h8-16,23-24,28-31,35H,17-18,20-21,25-27H2,1-7H3,(H,41,42,43). The molecule has 9 heteroatoms. The Labute approximate surface area is 292 Å². The van der Waals surface area contributed by atoms with Gasteiger partial charge in [-0.3, -0.25) is 14.3 Å². The number of nitrogens with one attached hydrogen (secondary N) is 1. The first kappa shape index (κ1) is 34.9. The van der Waals surface area contributed by atoms with Crippen LogP contribution in [-0.2, 0) is 4.74 Å². The fourth-order valence-corrected chi connectivity index (χ4v) is 13.5. The van der Waals surface area contributed by atoms with E-state index in [2.05, 4.69) is 92.4 Å². The third kappa shape index (κ3) is 7.19. The molecule has 258 valence electrons. The lowest BCUT2D eigenvalue weighted by molar-refractivity contribution is -0.000660. The van der Waals surface area contributed by atoms with Crippen molar-refractivity contribution in [2.75, 3.05) is 50.1 Å². The average molecular weight is 677 g/mol. The number of methoxy groups -OCH3 is 1. The molecule has 49 heavy (non-hydrogen) atoms. The van der Waals surface area contributed by atoms with Gasteiger partial charge in [0, 0.05) is 74.5 Å². The fourth-order valence-electron chi connectivity index (χ4n) is 8.33. The lowest BCUT2D eigenvalue weighted by Gasteiger charge is -2.47. The Bertz CT molecular complexity index is 1830. The summed E-state index contributed by atoms with van der Waals surface area (Å²) in [5.74, 6) is 4.64. The maximum Gasteiger partial charge on any atom is 0.258 e. The Balaban J connectivity index is 1.25. The molecule has 6 rings (SSSR count). The minimum absolute atomic E-state index is 0.157. The number of fused-ring (bicyclic) bond motifs is 1. The number of benzene rings is 2. The molecule has 0 bridgehead atoms. The Kier molecular flexibility index (Phi) is 10.6. The molecule has 1 N–H and O–H groups in total. The van der Waals surface area contributed by atoms with Crippen molar-refractivity contribution in [2.24, 2.45) is 5.92 Å². The second-order valence-corrected chi connectivity index (χ2v) is 20.4. The number of pyridine rings is 1. The number of aromatic nitrogens is 3. The van der Waals surface area contributed by atoms with Gasteiger partial charge in [-0.2, -0.15) is 4.98 Å². The minimum Gasteiger partial charge on any atom is -0.384 e. The second-order valence-electron chi connectivity index (χ2n) is 14.8. The molecule has 2 aliphatic rings. The van der Waals surface area contributed by atoms with Gasteiger partial charge in [0.25, 0.3) is 5.56 Å². The first-order chi connectivity index (χ1) is 23.6. The monoisotopic (exact) mass is 676 g/mol. The molecule has 0 spiro atoms. The van der Waals surface area contributed by atoms with Crippen molar-refractivity contribution in [1.29, 1.82) is 0 Å². The van der Waals surface area contributed by atoms with Gasteiger partial charge < -0.3 is 15.0 Å². The number of hydrogen-bond acceptors (Lipinski definition) is 7. The van der Waals surface area contributed by atoms with Crippen LogP contribution < -0.4 is 15.8 Å². The minimum atomic E-state index is -2.02. The van der Waals surface area contributed by atoms with Crippen molar-refractivity contribution in [3.63, 3.8) is 0 Å². The maximum atomic E-state index is 13.8. The van der Waals surface area contributed by atoms with E-state index in [0.717, 1.165) is 36.5 Å². The molecule has 0 saturated carbocycles. The summed E-state index contributed by atoms with van der Waals surface area (Å²) in [7, 11) is -0.221. The largest absolute Gasteiger partial charge is 0.384 e. The van der Waals surface area contributed by atoms with Crippen LogP contribution in [0.4, 0.5) is 17.3 Å². The van der Waals surface area contributed by atoms with Gasteiger partial charge >= 0.3 is 0 Å². The Hall–Kier alpha value is -3.97. The first-order valence-electron chi connectivity index (χ1n) is 18.0. The predicted octanol–water partition coefficient (Wildman–Crippen LogP) is 7.64. The number of para-hydroxylation sites is 1. The summed E-state index contributed by atoms with van der Waals surface area (Å²) >= 11 is 0. The predicted molar refractivity (Wildman–Crippen MR) is 205 cm³/mol. The van der Waals surface area contributed by atoms with Gasteiger partial charge in [-0.1, -0.05) is 65.7 Å². The van der Waals surface area contributed by atoms with E-state index in [1.54, 1.807) is 17.7 Å². The van der Waals surface area contributed by atoms with Gasteiger partial charge in [-0.15, -0.1) is 5.54 Å². The highest BCUT2D eigenvalue weighted by molar-refractivity contribution is 6.90. The number of ether oxygens (including phenoxy) is 1. The Morgan fingerprint density at radius 3 is 2.18 bits per heavy atom. The van der Waals surface area contributed by atoms with Crippen LogP contribution in [0.5, 0.6) is 0 Å². The number of likely N-dealkylation sites (tertiary alicyclic amines) is 1. The second kappa shape index (κ2) is 14.9. The van der Waals surface area contributed by atoms with Gasteiger partial charge in [-0.05, 0) is 65.9 Å². The summed E-state index contributed by atoms with van der Waals surface area (Å²) in [6.45, 7) is 19.1. The molecular formula is C40H52N6O2Si. The van der Waals surface area contributed by atoms with E-state index >= 15 is 0 Å². The molecule has 2 aromatic heterocycles. The highest BCUT2D eigenvalue weighted by Gasteiger charge is 2.41. The van der Waals surface area contributed by atoms with Crippen LogP contribution in [0, 0.1) is 17.4 Å². The molecule has 2 aromatic carbocycles. The van der Waals surface area contributed by atoms with Gasteiger partial charge in [0.15, 0.2) is 5.65 Å². The van der Waals surface area contributed by atoms with Crippen LogP contribution in [0.3, 0.4) is 0 Å². The van der Waals surface area contributed by atoms with Crippen LogP contribution in [0.1, 0.15) is 59.9 Å². The molecule has 0 amide bonds. The molecule has 0 atom stereocenters. The molecule has 0 radical (unpaired) electrons. The normalized spacial score (nSPS) is 16.3. The molecule has 4 aromatic rings.